The highest BCUT2D eigenvalue weighted by Crippen LogP contribution is 2.37. The molecule has 206 valence electrons. The van der Waals surface area contributed by atoms with Crippen LogP contribution in [0.4, 0.5) is 14.6 Å². The van der Waals surface area contributed by atoms with Crippen LogP contribution in [0.25, 0.3) is 44.4 Å². The minimum absolute atomic E-state index is 0.114. The van der Waals surface area contributed by atoms with Gasteiger partial charge in [0, 0.05) is 5.56 Å². The van der Waals surface area contributed by atoms with Crippen molar-refractivity contribution in [2.75, 3.05) is 5.73 Å². The Morgan fingerprint density at radius 2 is 1.76 bits per heavy atom. The van der Waals surface area contributed by atoms with Crippen LogP contribution in [0.1, 0.15) is 32.6 Å². The standard InChI is InChI=1S/C31H25F2N5O3/c1-16(2)40-24-12-11-19(14-22(24)33)27-26-30(34)35-15-36-31(26)38(37-27)17(3)29-25(18-7-6-8-20(32)13-18)28(39)21-9-4-5-10-23(21)41-29/h4-17H,1-3H3,(H2,34,35,36)/t17-/m0/s1. The van der Waals surface area contributed by atoms with Crippen molar-refractivity contribution in [2.45, 2.75) is 32.9 Å². The molecule has 0 aliphatic heterocycles. The summed E-state index contributed by atoms with van der Waals surface area (Å²) in [7, 11) is 0. The number of nitrogen functional groups attached to an aromatic ring is 1. The van der Waals surface area contributed by atoms with Gasteiger partial charge in [0.05, 0.1) is 22.4 Å². The zero-order valence-corrected chi connectivity index (χ0v) is 22.4. The lowest BCUT2D eigenvalue weighted by molar-refractivity contribution is 0.231. The molecule has 6 aromatic rings. The Labute approximate surface area is 233 Å². The number of anilines is 1. The summed E-state index contributed by atoms with van der Waals surface area (Å²) < 4.78 is 42.7. The van der Waals surface area contributed by atoms with Gasteiger partial charge in [0.1, 0.15) is 41.0 Å². The van der Waals surface area contributed by atoms with Crippen molar-refractivity contribution in [3.8, 4) is 28.1 Å². The summed E-state index contributed by atoms with van der Waals surface area (Å²) in [5.74, 6) is -0.539. The van der Waals surface area contributed by atoms with Gasteiger partial charge in [-0.3, -0.25) is 4.79 Å². The number of benzene rings is 3. The minimum atomic E-state index is -0.718. The monoisotopic (exact) mass is 553 g/mol. The molecule has 3 aromatic heterocycles. The van der Waals surface area contributed by atoms with Crippen LogP contribution < -0.4 is 15.9 Å². The Morgan fingerprint density at radius 1 is 0.951 bits per heavy atom. The molecule has 2 N–H and O–H groups in total. The van der Waals surface area contributed by atoms with Gasteiger partial charge in [0.25, 0.3) is 0 Å². The first-order chi connectivity index (χ1) is 19.7. The maximum Gasteiger partial charge on any atom is 0.200 e. The van der Waals surface area contributed by atoms with Crippen LogP contribution in [-0.2, 0) is 0 Å². The van der Waals surface area contributed by atoms with Gasteiger partial charge in [0.2, 0.25) is 5.43 Å². The summed E-state index contributed by atoms with van der Waals surface area (Å²) in [6.45, 7) is 5.40. The number of para-hydroxylation sites is 1. The highest BCUT2D eigenvalue weighted by molar-refractivity contribution is 5.98. The summed E-state index contributed by atoms with van der Waals surface area (Å²) >= 11 is 0. The molecule has 0 amide bonds. The van der Waals surface area contributed by atoms with Crippen LogP contribution in [0, 0.1) is 11.6 Å². The Kier molecular flexibility index (Phi) is 6.45. The van der Waals surface area contributed by atoms with Crippen molar-refractivity contribution in [1.82, 2.24) is 19.7 Å². The second kappa shape index (κ2) is 10.1. The first kappa shape index (κ1) is 26.1. The van der Waals surface area contributed by atoms with Gasteiger partial charge in [-0.15, -0.1) is 0 Å². The third-order valence-electron chi connectivity index (χ3n) is 6.77. The van der Waals surface area contributed by atoms with E-state index in [0.29, 0.717) is 38.8 Å². The number of ether oxygens (including phenoxy) is 1. The van der Waals surface area contributed by atoms with Crippen molar-refractivity contribution < 1.29 is 17.9 Å². The average Bonchev–Trinajstić information content (AvgIpc) is 3.34. The predicted octanol–water partition coefficient (Wildman–Crippen LogP) is 6.52. The Bertz CT molecular complexity index is 2000. The van der Waals surface area contributed by atoms with Gasteiger partial charge in [-0.05, 0) is 68.8 Å². The van der Waals surface area contributed by atoms with Crippen LogP contribution in [-0.4, -0.2) is 25.9 Å². The normalized spacial score (nSPS) is 12.3. The van der Waals surface area contributed by atoms with Crippen molar-refractivity contribution >= 4 is 27.8 Å². The number of rotatable bonds is 6. The van der Waals surface area contributed by atoms with Gasteiger partial charge in [-0.25, -0.2) is 23.4 Å². The molecule has 41 heavy (non-hydrogen) atoms. The smallest absolute Gasteiger partial charge is 0.200 e. The van der Waals surface area contributed by atoms with Gasteiger partial charge in [-0.2, -0.15) is 5.10 Å². The first-order valence-corrected chi connectivity index (χ1v) is 13.0. The van der Waals surface area contributed by atoms with E-state index in [4.69, 9.17) is 20.0 Å². The quantitative estimate of drug-likeness (QED) is 0.250. The Morgan fingerprint density at radius 3 is 2.51 bits per heavy atom. The molecule has 0 aliphatic carbocycles. The third kappa shape index (κ3) is 4.57. The van der Waals surface area contributed by atoms with Crippen LogP contribution in [0.3, 0.4) is 0 Å². The van der Waals surface area contributed by atoms with Crippen molar-refractivity contribution in [3.63, 3.8) is 0 Å². The number of hydrogen-bond acceptors (Lipinski definition) is 7. The van der Waals surface area contributed by atoms with E-state index in [1.54, 1.807) is 48.0 Å². The molecule has 3 heterocycles. The first-order valence-electron chi connectivity index (χ1n) is 13.0. The molecule has 0 bridgehead atoms. The molecule has 0 saturated heterocycles. The minimum Gasteiger partial charge on any atom is -0.488 e. The molecule has 0 unspecified atom stereocenters. The fourth-order valence-corrected chi connectivity index (χ4v) is 4.95. The lowest BCUT2D eigenvalue weighted by atomic mass is 9.99. The van der Waals surface area contributed by atoms with Crippen LogP contribution in [0.2, 0.25) is 0 Å². The summed E-state index contributed by atoms with van der Waals surface area (Å²) in [5, 5.41) is 5.55. The fourth-order valence-electron chi connectivity index (χ4n) is 4.95. The number of hydrogen-bond donors (Lipinski definition) is 1. The van der Waals surface area contributed by atoms with E-state index < -0.39 is 17.7 Å². The fraction of sp³-hybridized carbons (Fsp3) is 0.161. The maximum absolute atomic E-state index is 15.0. The van der Waals surface area contributed by atoms with Crippen LogP contribution in [0.5, 0.6) is 5.75 Å². The van der Waals surface area contributed by atoms with Crippen molar-refractivity contribution in [2.24, 2.45) is 0 Å². The zero-order chi connectivity index (χ0) is 28.8. The second-order valence-electron chi connectivity index (χ2n) is 9.92. The van der Waals surface area contributed by atoms with Gasteiger partial charge in [-0.1, -0.05) is 24.3 Å². The molecule has 8 nitrogen and oxygen atoms in total. The van der Waals surface area contributed by atoms with Gasteiger partial charge < -0.3 is 14.9 Å². The SMILES string of the molecule is CC(C)Oc1ccc(-c2nn([C@@H](C)c3oc4ccccc4c(=O)c3-c3cccc(F)c3)c3ncnc(N)c23)cc1F. The van der Waals surface area contributed by atoms with E-state index in [0.717, 1.165) is 0 Å². The van der Waals surface area contributed by atoms with E-state index in [-0.39, 0.29) is 34.4 Å². The second-order valence-corrected chi connectivity index (χ2v) is 9.92. The summed E-state index contributed by atoms with van der Waals surface area (Å²) in [6.07, 6.45) is 1.10. The van der Waals surface area contributed by atoms with E-state index in [1.165, 1.54) is 36.7 Å². The molecular weight excluding hydrogens is 528 g/mol. The molecule has 1 atom stereocenters. The molecule has 0 aliphatic rings. The molecule has 6 rings (SSSR count). The average molecular weight is 554 g/mol. The highest BCUT2D eigenvalue weighted by Gasteiger charge is 2.27. The lowest BCUT2D eigenvalue weighted by Crippen LogP contribution is -2.16. The number of nitrogens with two attached hydrogens (primary N) is 1. The summed E-state index contributed by atoms with van der Waals surface area (Å²) in [4.78, 5) is 22.3. The Hall–Kier alpha value is -5.12. The molecule has 10 heteroatoms. The van der Waals surface area contributed by atoms with E-state index in [1.807, 2.05) is 13.8 Å². The summed E-state index contributed by atoms with van der Waals surface area (Å²) in [5.41, 5.74) is 8.02. The molecule has 0 spiro atoms. The molecular formula is C31H25F2N5O3. The predicted molar refractivity (Wildman–Crippen MR) is 153 cm³/mol. The van der Waals surface area contributed by atoms with Gasteiger partial charge in [0.15, 0.2) is 17.2 Å². The topological polar surface area (TPSA) is 109 Å². The highest BCUT2D eigenvalue weighted by atomic mass is 19.1. The van der Waals surface area contributed by atoms with E-state index in [2.05, 4.69) is 9.97 Å². The maximum atomic E-state index is 15.0. The van der Waals surface area contributed by atoms with Crippen molar-refractivity contribution in [3.05, 3.63) is 101 Å². The summed E-state index contributed by atoms with van der Waals surface area (Å²) in [6, 6.07) is 16.4. The molecule has 0 saturated carbocycles. The third-order valence-corrected chi connectivity index (χ3v) is 6.77. The van der Waals surface area contributed by atoms with E-state index >= 15 is 0 Å². The Balaban J connectivity index is 1.58. The molecule has 3 aromatic carbocycles. The number of aromatic nitrogens is 4. The molecule has 0 fully saturated rings. The van der Waals surface area contributed by atoms with Gasteiger partial charge >= 0.3 is 0 Å². The van der Waals surface area contributed by atoms with Crippen LogP contribution >= 0.6 is 0 Å². The zero-order valence-electron chi connectivity index (χ0n) is 22.4. The number of nitrogens with zero attached hydrogens (tertiary/aromatic N) is 4. The lowest BCUT2D eigenvalue weighted by Gasteiger charge is -2.17. The number of fused-ring (bicyclic) bond motifs is 2. The van der Waals surface area contributed by atoms with Crippen LogP contribution in [0.15, 0.2) is 82.3 Å². The largest absolute Gasteiger partial charge is 0.488 e. The van der Waals surface area contributed by atoms with E-state index in [9.17, 15) is 13.6 Å². The number of halogens is 2. The molecule has 0 radical (unpaired) electrons. The van der Waals surface area contributed by atoms with Crippen molar-refractivity contribution in [1.29, 1.82) is 0 Å².